The average molecular weight is 298 g/mol. The number of aliphatic carboxylic acids is 2. The van der Waals surface area contributed by atoms with Gasteiger partial charge in [-0.1, -0.05) is 14.9 Å². The first-order valence-electron chi connectivity index (χ1n) is 5.46. The molecule has 0 aromatic carbocycles. The fourth-order valence-corrected chi connectivity index (χ4v) is 0.368. The highest BCUT2D eigenvalue weighted by molar-refractivity contribution is 5.72. The maximum absolute atomic E-state index is 10.1. The summed E-state index contributed by atoms with van der Waals surface area (Å²) in [5.74, 6) is -1.86. The third kappa shape index (κ3) is 30.1. The minimum absolute atomic E-state index is 0. The molecule has 20 heavy (non-hydrogen) atoms. The van der Waals surface area contributed by atoms with Crippen LogP contribution in [0.25, 0.3) is 0 Å². The number of rotatable bonds is 5. The fourth-order valence-electron chi connectivity index (χ4n) is 0.368. The van der Waals surface area contributed by atoms with E-state index in [0.717, 1.165) is 13.2 Å². The molecule has 2 atom stereocenters. The molecule has 8 heteroatoms. The second-order valence-electron chi connectivity index (χ2n) is 3.48. The minimum Gasteiger partial charge on any atom is -0.480 e. The summed E-state index contributed by atoms with van der Waals surface area (Å²) in [6, 6.07) is -1.30. The normalized spacial score (nSPS) is 13.6. The van der Waals surface area contributed by atoms with Gasteiger partial charge in [0.15, 0.2) is 0 Å². The standard InChI is InChI=1S/C5H11NO3.C3H7NO2.C2H4O.2CH4/c1-4(5(8)9)6-2-3-7;1-2(4)3(5)6;1-2-3-1;;/h4,6-7H,2-3H2,1H3,(H,8,9);2H,4H2,1H3,(H,5,6);1-2H2;2*1H4. The molecule has 8 nitrogen and oxygen atoms in total. The van der Waals surface area contributed by atoms with Crippen LogP contribution >= 0.6 is 0 Å². The topological polar surface area (TPSA) is 145 Å². The minimum atomic E-state index is -0.963. The van der Waals surface area contributed by atoms with Crippen molar-refractivity contribution in [2.24, 2.45) is 5.73 Å². The summed E-state index contributed by atoms with van der Waals surface area (Å²) in [5, 5.41) is 27.0. The van der Waals surface area contributed by atoms with E-state index in [1.54, 1.807) is 0 Å². The van der Waals surface area contributed by atoms with Crippen LogP contribution in [0.4, 0.5) is 0 Å². The third-order valence-electron chi connectivity index (χ3n) is 1.53. The van der Waals surface area contributed by atoms with Crippen molar-refractivity contribution in [2.75, 3.05) is 26.4 Å². The predicted molar refractivity (Wildman–Crippen MR) is 77.8 cm³/mol. The Labute approximate surface area is 120 Å². The van der Waals surface area contributed by atoms with Gasteiger partial charge in [-0.15, -0.1) is 0 Å². The largest absolute Gasteiger partial charge is 0.480 e. The number of carbonyl (C=O) groups is 2. The molecule has 1 saturated heterocycles. The number of carboxylic acid groups (broad SMARTS) is 2. The Morgan fingerprint density at radius 3 is 1.70 bits per heavy atom. The Hall–Kier alpha value is -1.22. The lowest BCUT2D eigenvalue weighted by atomic mass is 10.3. The number of nitrogens with two attached hydrogens (primary N) is 1. The van der Waals surface area contributed by atoms with Gasteiger partial charge in [0.25, 0.3) is 0 Å². The molecule has 0 aliphatic carbocycles. The molecule has 1 heterocycles. The van der Waals surface area contributed by atoms with Gasteiger partial charge in [-0.25, -0.2) is 0 Å². The Bertz CT molecular complexity index is 231. The van der Waals surface area contributed by atoms with Crippen LogP contribution < -0.4 is 11.1 Å². The second kappa shape index (κ2) is 17.8. The molecular weight excluding hydrogens is 268 g/mol. The van der Waals surface area contributed by atoms with E-state index in [9.17, 15) is 9.59 Å². The zero-order valence-electron chi connectivity index (χ0n) is 10.6. The van der Waals surface area contributed by atoms with Crippen molar-refractivity contribution in [3.8, 4) is 0 Å². The number of ether oxygens (including phenoxy) is 1. The first-order chi connectivity index (χ1) is 8.32. The lowest BCUT2D eigenvalue weighted by Gasteiger charge is -2.05. The lowest BCUT2D eigenvalue weighted by Crippen LogP contribution is -2.35. The van der Waals surface area contributed by atoms with Crippen LogP contribution in [0.15, 0.2) is 0 Å². The number of carboxylic acids is 2. The lowest BCUT2D eigenvalue weighted by molar-refractivity contribution is -0.139. The summed E-state index contributed by atoms with van der Waals surface area (Å²) in [7, 11) is 0. The van der Waals surface area contributed by atoms with Gasteiger partial charge in [0, 0.05) is 6.54 Å². The number of hydrogen-bond donors (Lipinski definition) is 5. The van der Waals surface area contributed by atoms with Crippen LogP contribution in [0.3, 0.4) is 0 Å². The van der Waals surface area contributed by atoms with E-state index in [1.165, 1.54) is 13.8 Å². The Morgan fingerprint density at radius 1 is 1.20 bits per heavy atom. The molecule has 0 spiro atoms. The van der Waals surface area contributed by atoms with E-state index < -0.39 is 24.0 Å². The molecule has 1 aliphatic heterocycles. The summed E-state index contributed by atoms with van der Waals surface area (Å²) < 4.78 is 4.50. The number of epoxide rings is 1. The van der Waals surface area contributed by atoms with Crippen molar-refractivity contribution in [2.45, 2.75) is 40.8 Å². The number of aliphatic hydroxyl groups is 1. The highest BCUT2D eigenvalue weighted by Gasteiger charge is 2.07. The molecule has 0 amide bonds. The van der Waals surface area contributed by atoms with Gasteiger partial charge < -0.3 is 31.1 Å². The van der Waals surface area contributed by atoms with Gasteiger partial charge in [-0.05, 0) is 13.8 Å². The SMILES string of the molecule is C.C.C1CO1.CC(N)C(=O)O.CC(NCCO)C(=O)O. The molecule has 2 unspecified atom stereocenters. The van der Waals surface area contributed by atoms with Crippen LogP contribution in [0.5, 0.6) is 0 Å². The van der Waals surface area contributed by atoms with Crippen LogP contribution in [-0.4, -0.2) is 65.7 Å². The zero-order valence-corrected chi connectivity index (χ0v) is 10.6. The molecular formula is C12H30N2O6. The number of nitrogens with one attached hydrogen (secondary N) is 1. The molecule has 1 fully saturated rings. The first-order valence-corrected chi connectivity index (χ1v) is 5.46. The van der Waals surface area contributed by atoms with E-state index in [2.05, 4.69) is 10.1 Å². The fraction of sp³-hybridized carbons (Fsp3) is 0.833. The molecule has 6 N–H and O–H groups in total. The summed E-state index contributed by atoms with van der Waals surface area (Å²) in [4.78, 5) is 19.6. The summed E-state index contributed by atoms with van der Waals surface area (Å²) >= 11 is 0. The monoisotopic (exact) mass is 298 g/mol. The summed E-state index contributed by atoms with van der Waals surface area (Å²) in [6.45, 7) is 5.24. The maximum Gasteiger partial charge on any atom is 0.320 e. The molecule has 0 radical (unpaired) electrons. The molecule has 124 valence electrons. The molecule has 0 aromatic rings. The first kappa shape index (κ1) is 27.2. The number of aliphatic hydroxyl groups excluding tert-OH is 1. The van der Waals surface area contributed by atoms with E-state index in [1.807, 2.05) is 0 Å². The Balaban J connectivity index is -0.000000101. The zero-order chi connectivity index (χ0) is 14.6. The molecule has 0 aromatic heterocycles. The van der Waals surface area contributed by atoms with Crippen molar-refractivity contribution in [3.05, 3.63) is 0 Å². The third-order valence-corrected chi connectivity index (χ3v) is 1.53. The second-order valence-corrected chi connectivity index (χ2v) is 3.48. The van der Waals surface area contributed by atoms with Gasteiger partial charge in [0.1, 0.15) is 12.1 Å². The van der Waals surface area contributed by atoms with Gasteiger partial charge in [0.2, 0.25) is 0 Å². The van der Waals surface area contributed by atoms with E-state index >= 15 is 0 Å². The smallest absolute Gasteiger partial charge is 0.320 e. The van der Waals surface area contributed by atoms with Gasteiger partial charge in [0.05, 0.1) is 19.8 Å². The van der Waals surface area contributed by atoms with Crippen molar-refractivity contribution in [3.63, 3.8) is 0 Å². The molecule has 1 rings (SSSR count). The van der Waals surface area contributed by atoms with Crippen molar-refractivity contribution in [1.82, 2.24) is 5.32 Å². The van der Waals surface area contributed by atoms with Gasteiger partial charge >= 0.3 is 11.9 Å². The van der Waals surface area contributed by atoms with Crippen molar-refractivity contribution < 1.29 is 29.6 Å². The average Bonchev–Trinajstić information content (AvgIpc) is 3.13. The van der Waals surface area contributed by atoms with E-state index in [0.29, 0.717) is 6.54 Å². The molecule has 0 bridgehead atoms. The Morgan fingerprint density at radius 2 is 1.55 bits per heavy atom. The summed E-state index contributed by atoms with van der Waals surface area (Å²) in [5.41, 5.74) is 4.84. The highest BCUT2D eigenvalue weighted by Crippen LogP contribution is 1.84. The van der Waals surface area contributed by atoms with Crippen LogP contribution in [0, 0.1) is 0 Å². The van der Waals surface area contributed by atoms with Gasteiger partial charge in [-0.3, -0.25) is 9.59 Å². The van der Waals surface area contributed by atoms with Crippen LogP contribution in [0.2, 0.25) is 0 Å². The van der Waals surface area contributed by atoms with Gasteiger partial charge in [-0.2, -0.15) is 0 Å². The quantitative estimate of drug-likeness (QED) is 0.437. The van der Waals surface area contributed by atoms with E-state index in [-0.39, 0.29) is 21.5 Å². The maximum atomic E-state index is 10.1. The van der Waals surface area contributed by atoms with Crippen molar-refractivity contribution >= 4 is 11.9 Å². The van der Waals surface area contributed by atoms with Crippen LogP contribution in [0.1, 0.15) is 28.7 Å². The molecule has 0 saturated carbocycles. The molecule has 1 aliphatic rings. The predicted octanol–water partition coefficient (Wildman–Crippen LogP) is -0.252. The van der Waals surface area contributed by atoms with E-state index in [4.69, 9.17) is 21.1 Å². The Kier molecular flexibility index (Phi) is 24.2. The highest BCUT2D eigenvalue weighted by atomic mass is 16.6. The van der Waals surface area contributed by atoms with Crippen molar-refractivity contribution in [1.29, 1.82) is 0 Å². The number of hydrogen-bond acceptors (Lipinski definition) is 6. The van der Waals surface area contributed by atoms with Crippen LogP contribution in [-0.2, 0) is 14.3 Å². The summed E-state index contributed by atoms with van der Waals surface area (Å²) in [6.07, 6.45) is 0.